The van der Waals surface area contributed by atoms with Crippen molar-refractivity contribution < 1.29 is 9.90 Å². The molecule has 2 heterocycles. The van der Waals surface area contributed by atoms with Gasteiger partial charge in [-0.25, -0.2) is 4.98 Å². The minimum absolute atomic E-state index is 0.265. The topological polar surface area (TPSA) is 53.4 Å². The lowest BCUT2D eigenvalue weighted by molar-refractivity contribution is -0.141. The number of aliphatic carboxylic acids is 1. The van der Waals surface area contributed by atoms with Gasteiger partial charge in [0.1, 0.15) is 0 Å². The maximum atomic E-state index is 11.2. The Labute approximate surface area is 122 Å². The Morgan fingerprint density at radius 3 is 3.00 bits per heavy atom. The second-order valence-corrected chi connectivity index (χ2v) is 6.56. The van der Waals surface area contributed by atoms with Crippen molar-refractivity contribution in [2.75, 3.05) is 18.0 Å². The standard InChI is InChI=1S/C15H18N2O2S/c1-9-6-10(2)13-12(7-9)20-15(16-13)17-5-3-4-11(8-17)14(18)19/h6-7,11H,3-5,8H2,1-2H3,(H,18,19). The van der Waals surface area contributed by atoms with Crippen LogP contribution in [0.25, 0.3) is 10.2 Å². The zero-order chi connectivity index (χ0) is 14.3. The van der Waals surface area contributed by atoms with E-state index in [1.54, 1.807) is 11.3 Å². The highest BCUT2D eigenvalue weighted by Crippen LogP contribution is 2.33. The van der Waals surface area contributed by atoms with Gasteiger partial charge in [-0.3, -0.25) is 4.79 Å². The third-order valence-electron chi connectivity index (χ3n) is 3.86. The zero-order valence-corrected chi connectivity index (χ0v) is 12.5. The summed E-state index contributed by atoms with van der Waals surface area (Å²) >= 11 is 1.67. The zero-order valence-electron chi connectivity index (χ0n) is 11.7. The average Bonchev–Trinajstić information content (AvgIpc) is 2.83. The summed E-state index contributed by atoms with van der Waals surface area (Å²) in [7, 11) is 0. The number of aromatic nitrogens is 1. The van der Waals surface area contributed by atoms with Crippen LogP contribution in [0.2, 0.25) is 0 Å². The Bertz CT molecular complexity index is 665. The number of fused-ring (bicyclic) bond motifs is 1. The van der Waals surface area contributed by atoms with Crippen molar-refractivity contribution in [3.8, 4) is 0 Å². The van der Waals surface area contributed by atoms with Crippen molar-refractivity contribution in [2.24, 2.45) is 5.92 Å². The van der Waals surface area contributed by atoms with E-state index in [1.165, 1.54) is 15.8 Å². The molecule has 1 aliphatic heterocycles. The van der Waals surface area contributed by atoms with Crippen LogP contribution in [0.1, 0.15) is 24.0 Å². The first-order chi connectivity index (χ1) is 9.54. The van der Waals surface area contributed by atoms with Gasteiger partial charge < -0.3 is 10.0 Å². The molecule has 1 aromatic carbocycles. The number of hydrogen-bond donors (Lipinski definition) is 1. The summed E-state index contributed by atoms with van der Waals surface area (Å²) in [6, 6.07) is 4.30. The normalized spacial score (nSPS) is 19.5. The maximum absolute atomic E-state index is 11.2. The van der Waals surface area contributed by atoms with E-state index in [9.17, 15) is 9.90 Å². The SMILES string of the molecule is Cc1cc(C)c2nc(N3CCCC(C(=O)O)C3)sc2c1. The molecule has 2 aromatic rings. The van der Waals surface area contributed by atoms with Crippen molar-refractivity contribution in [2.45, 2.75) is 26.7 Å². The number of rotatable bonds is 2. The van der Waals surface area contributed by atoms with E-state index in [0.717, 1.165) is 30.0 Å². The predicted octanol–water partition coefficient (Wildman–Crippen LogP) is 3.21. The van der Waals surface area contributed by atoms with E-state index in [4.69, 9.17) is 4.98 Å². The van der Waals surface area contributed by atoms with Crippen molar-refractivity contribution in [3.05, 3.63) is 23.3 Å². The molecule has 4 nitrogen and oxygen atoms in total. The van der Waals surface area contributed by atoms with Crippen LogP contribution in [-0.2, 0) is 4.79 Å². The number of carboxylic acids is 1. The van der Waals surface area contributed by atoms with Gasteiger partial charge in [0.05, 0.1) is 16.1 Å². The smallest absolute Gasteiger partial charge is 0.308 e. The highest BCUT2D eigenvalue weighted by Gasteiger charge is 2.27. The van der Waals surface area contributed by atoms with Crippen LogP contribution < -0.4 is 4.90 Å². The first-order valence-corrected chi connectivity index (χ1v) is 7.72. The molecule has 1 saturated heterocycles. The van der Waals surface area contributed by atoms with E-state index in [2.05, 4.69) is 30.9 Å². The first kappa shape index (κ1) is 13.4. The molecule has 1 unspecified atom stereocenters. The third-order valence-corrected chi connectivity index (χ3v) is 4.92. The van der Waals surface area contributed by atoms with Gasteiger partial charge in [0.15, 0.2) is 5.13 Å². The molecule has 1 N–H and O–H groups in total. The second-order valence-electron chi connectivity index (χ2n) is 5.55. The van der Waals surface area contributed by atoms with Crippen LogP contribution in [0, 0.1) is 19.8 Å². The Hall–Kier alpha value is -1.62. The number of hydrogen-bond acceptors (Lipinski definition) is 4. The molecule has 20 heavy (non-hydrogen) atoms. The highest BCUT2D eigenvalue weighted by atomic mass is 32.1. The van der Waals surface area contributed by atoms with Gasteiger partial charge in [-0.05, 0) is 43.9 Å². The van der Waals surface area contributed by atoms with Crippen LogP contribution >= 0.6 is 11.3 Å². The molecule has 1 aliphatic rings. The summed E-state index contributed by atoms with van der Waals surface area (Å²) in [4.78, 5) is 18.0. The van der Waals surface area contributed by atoms with Crippen LogP contribution in [0.3, 0.4) is 0 Å². The lowest BCUT2D eigenvalue weighted by atomic mass is 9.99. The molecule has 0 radical (unpaired) electrons. The summed E-state index contributed by atoms with van der Waals surface area (Å²) < 4.78 is 1.19. The predicted molar refractivity (Wildman–Crippen MR) is 81.7 cm³/mol. The quantitative estimate of drug-likeness (QED) is 0.922. The van der Waals surface area contributed by atoms with Crippen LogP contribution in [0.5, 0.6) is 0 Å². The number of thiazole rings is 1. The Morgan fingerprint density at radius 2 is 2.25 bits per heavy atom. The van der Waals surface area contributed by atoms with Gasteiger partial charge in [-0.2, -0.15) is 0 Å². The van der Waals surface area contributed by atoms with E-state index < -0.39 is 5.97 Å². The summed E-state index contributed by atoms with van der Waals surface area (Å²) in [5.41, 5.74) is 3.48. The molecular formula is C15H18N2O2S. The van der Waals surface area contributed by atoms with Gasteiger partial charge in [0.25, 0.3) is 0 Å². The molecular weight excluding hydrogens is 272 g/mol. The fraction of sp³-hybridized carbons (Fsp3) is 0.467. The van der Waals surface area contributed by atoms with Crippen molar-refractivity contribution in [1.29, 1.82) is 0 Å². The van der Waals surface area contributed by atoms with Crippen LogP contribution in [0.15, 0.2) is 12.1 Å². The first-order valence-electron chi connectivity index (χ1n) is 6.90. The van der Waals surface area contributed by atoms with Crippen molar-refractivity contribution in [1.82, 2.24) is 4.98 Å². The monoisotopic (exact) mass is 290 g/mol. The molecule has 0 aliphatic carbocycles. The molecule has 5 heteroatoms. The van der Waals surface area contributed by atoms with Gasteiger partial charge in [-0.15, -0.1) is 0 Å². The number of aryl methyl sites for hydroxylation is 2. The summed E-state index contributed by atoms with van der Waals surface area (Å²) in [5.74, 6) is -0.957. The van der Waals surface area contributed by atoms with E-state index in [0.29, 0.717) is 6.54 Å². The van der Waals surface area contributed by atoms with Gasteiger partial charge in [-0.1, -0.05) is 17.4 Å². The molecule has 106 valence electrons. The Kier molecular flexibility index (Phi) is 3.38. The van der Waals surface area contributed by atoms with Gasteiger partial charge in [0.2, 0.25) is 0 Å². The number of benzene rings is 1. The van der Waals surface area contributed by atoms with Gasteiger partial charge in [0, 0.05) is 13.1 Å². The van der Waals surface area contributed by atoms with Crippen molar-refractivity contribution in [3.63, 3.8) is 0 Å². The number of carbonyl (C=O) groups is 1. The second kappa shape index (κ2) is 5.05. The lowest BCUT2D eigenvalue weighted by Gasteiger charge is -2.30. The fourth-order valence-electron chi connectivity index (χ4n) is 2.85. The van der Waals surface area contributed by atoms with Crippen LogP contribution in [-0.4, -0.2) is 29.1 Å². The number of piperidine rings is 1. The minimum atomic E-state index is -0.692. The molecule has 1 atom stereocenters. The van der Waals surface area contributed by atoms with E-state index in [1.807, 2.05) is 0 Å². The Morgan fingerprint density at radius 1 is 1.45 bits per heavy atom. The minimum Gasteiger partial charge on any atom is -0.481 e. The van der Waals surface area contributed by atoms with Crippen molar-refractivity contribution >= 4 is 32.7 Å². The van der Waals surface area contributed by atoms with Gasteiger partial charge >= 0.3 is 5.97 Å². The number of anilines is 1. The molecule has 0 spiro atoms. The molecule has 0 saturated carbocycles. The third kappa shape index (κ3) is 2.38. The number of nitrogens with zero attached hydrogens (tertiary/aromatic N) is 2. The molecule has 0 amide bonds. The molecule has 3 rings (SSSR count). The fourth-order valence-corrected chi connectivity index (χ4v) is 4.02. The summed E-state index contributed by atoms with van der Waals surface area (Å²) in [5, 5.41) is 10.1. The summed E-state index contributed by atoms with van der Waals surface area (Å²) in [6.07, 6.45) is 1.69. The maximum Gasteiger partial charge on any atom is 0.308 e. The Balaban J connectivity index is 1.94. The lowest BCUT2D eigenvalue weighted by Crippen LogP contribution is -2.38. The number of carboxylic acid groups (broad SMARTS) is 1. The van der Waals surface area contributed by atoms with E-state index in [-0.39, 0.29) is 5.92 Å². The average molecular weight is 290 g/mol. The molecule has 1 fully saturated rings. The molecule has 1 aromatic heterocycles. The largest absolute Gasteiger partial charge is 0.481 e. The van der Waals surface area contributed by atoms with E-state index >= 15 is 0 Å². The molecule has 0 bridgehead atoms. The summed E-state index contributed by atoms with van der Waals surface area (Å²) in [6.45, 7) is 5.65. The highest BCUT2D eigenvalue weighted by molar-refractivity contribution is 7.22. The van der Waals surface area contributed by atoms with Crippen LogP contribution in [0.4, 0.5) is 5.13 Å².